The Labute approximate surface area is 394 Å². The lowest BCUT2D eigenvalue weighted by Crippen LogP contribution is -2.41. The van der Waals surface area contributed by atoms with Gasteiger partial charge in [-0.25, -0.2) is 10.0 Å². The molecule has 0 spiro atoms. The van der Waals surface area contributed by atoms with Crippen LogP contribution >= 0.6 is 12.4 Å². The minimum absolute atomic E-state index is 0. The van der Waals surface area contributed by atoms with E-state index in [1.165, 1.54) is 85.3 Å². The van der Waals surface area contributed by atoms with Crippen molar-refractivity contribution in [1.29, 1.82) is 0 Å². The van der Waals surface area contributed by atoms with Crippen LogP contribution in [0.5, 0.6) is 46.0 Å². The van der Waals surface area contributed by atoms with E-state index in [1.54, 1.807) is 47.6 Å². The van der Waals surface area contributed by atoms with Crippen LogP contribution in [0.25, 0.3) is 0 Å². The third-order valence-electron chi connectivity index (χ3n) is 10.2. The average Bonchev–Trinajstić information content (AvgIpc) is 3.77. The minimum atomic E-state index is -4.00. The van der Waals surface area contributed by atoms with Crippen LogP contribution in [-0.4, -0.2) is 168 Å². The van der Waals surface area contributed by atoms with Gasteiger partial charge in [-0.2, -0.15) is 27.0 Å². The van der Waals surface area contributed by atoms with Crippen molar-refractivity contribution in [2.24, 2.45) is 19.0 Å². The van der Waals surface area contributed by atoms with Crippen molar-refractivity contribution in [1.82, 2.24) is 14.9 Å². The number of halogens is 1. The minimum Gasteiger partial charge on any atom is -0.504 e. The summed E-state index contributed by atoms with van der Waals surface area (Å²) in [4.78, 5) is 2.15. The molecule has 0 radical (unpaired) electrons. The number of nitrogens with zero attached hydrogens (tertiary/aromatic N) is 7. The maximum atomic E-state index is 13.0. The number of methoxy groups -OCH3 is 7. The van der Waals surface area contributed by atoms with E-state index in [0.717, 1.165) is 13.1 Å². The van der Waals surface area contributed by atoms with Crippen molar-refractivity contribution in [2.75, 3.05) is 102 Å². The van der Waals surface area contributed by atoms with Gasteiger partial charge in [-0.3, -0.25) is 4.90 Å². The maximum Gasteiger partial charge on any atom is 0.288 e. The van der Waals surface area contributed by atoms with Crippen LogP contribution in [0.15, 0.2) is 89.5 Å². The molecule has 0 amide bonds. The number of hydrogen-bond acceptors (Lipinski definition) is 19. The lowest BCUT2D eigenvalue weighted by Gasteiger charge is -2.28. The molecule has 0 aromatic heterocycles. The highest BCUT2D eigenvalue weighted by molar-refractivity contribution is 7.91. The first kappa shape index (κ1) is 51.6. The van der Waals surface area contributed by atoms with Gasteiger partial charge < -0.3 is 48.1 Å². The molecule has 2 N–H and O–H groups in total. The summed E-state index contributed by atoms with van der Waals surface area (Å²) >= 11 is 0. The van der Waals surface area contributed by atoms with Gasteiger partial charge in [0.05, 0.1) is 88.0 Å². The molecule has 3 heterocycles. The van der Waals surface area contributed by atoms with Gasteiger partial charge in [0, 0.05) is 50.0 Å². The molecule has 3 aliphatic rings. The Balaban J connectivity index is 0.000000249. The number of sulfonamides is 2. The molecule has 4 aromatic carbocycles. The zero-order chi connectivity index (χ0) is 47.6. The quantitative estimate of drug-likeness (QED) is 0.120. The first-order chi connectivity index (χ1) is 31.7. The van der Waals surface area contributed by atoms with E-state index in [4.69, 9.17) is 37.9 Å². The number of fused-ring (bicyclic) bond motifs is 2. The summed E-state index contributed by atoms with van der Waals surface area (Å²) in [5.74, 6) is 2.01. The summed E-state index contributed by atoms with van der Waals surface area (Å²) in [5.41, 5.74) is 1.94. The molecule has 67 heavy (non-hydrogen) atoms. The van der Waals surface area contributed by atoms with Crippen molar-refractivity contribution < 1.29 is 64.9 Å². The number of rotatable bonds is 16. The summed E-state index contributed by atoms with van der Waals surface area (Å²) < 4.78 is 102. The highest BCUT2D eigenvalue weighted by Crippen LogP contribution is 2.40. The van der Waals surface area contributed by atoms with Crippen LogP contribution in [0.1, 0.15) is 22.3 Å². The molecule has 0 saturated carbocycles. The number of ether oxygens (including phenoxy) is 8. The van der Waals surface area contributed by atoms with Gasteiger partial charge in [-0.1, -0.05) is 0 Å². The van der Waals surface area contributed by atoms with Crippen LogP contribution in [-0.2, 0) is 29.5 Å². The van der Waals surface area contributed by atoms with Crippen molar-refractivity contribution in [3.8, 4) is 46.0 Å². The molecule has 1 saturated heterocycles. The summed E-state index contributed by atoms with van der Waals surface area (Å²) in [5, 5.41) is 31.6. The summed E-state index contributed by atoms with van der Waals surface area (Å²) in [6, 6.07) is 15.7. The van der Waals surface area contributed by atoms with Gasteiger partial charge in [-0.05, 0) is 59.7 Å². The fourth-order valence-electron chi connectivity index (χ4n) is 6.84. The van der Waals surface area contributed by atoms with E-state index in [2.05, 4.69) is 23.9 Å². The number of benzene rings is 4. The fraction of sp³-hybridized carbons (Fsp3) is 0.349. The van der Waals surface area contributed by atoms with Gasteiger partial charge in [0.25, 0.3) is 20.0 Å². The summed E-state index contributed by atoms with van der Waals surface area (Å²) in [6.45, 7) is 4.33. The smallest absolute Gasteiger partial charge is 0.288 e. The first-order valence-corrected chi connectivity index (χ1v) is 23.0. The molecule has 21 nitrogen and oxygen atoms in total. The molecule has 0 aliphatic carbocycles. The Bertz CT molecular complexity index is 2750. The van der Waals surface area contributed by atoms with Gasteiger partial charge in [0.2, 0.25) is 0 Å². The largest absolute Gasteiger partial charge is 0.504 e. The van der Waals surface area contributed by atoms with Gasteiger partial charge in [0.15, 0.2) is 34.7 Å². The molecular formula is C43H52ClN7O14S2. The normalized spacial score (nSPS) is 15.6. The van der Waals surface area contributed by atoms with E-state index < -0.39 is 20.0 Å². The molecule has 7 rings (SSSR count). The molecule has 362 valence electrons. The maximum absolute atomic E-state index is 13.0. The Hall–Kier alpha value is -6.37. The van der Waals surface area contributed by atoms with E-state index >= 15 is 0 Å². The van der Waals surface area contributed by atoms with Crippen molar-refractivity contribution >= 4 is 56.6 Å². The Morgan fingerprint density at radius 3 is 1.46 bits per heavy atom. The Morgan fingerprint density at radius 2 is 1.06 bits per heavy atom. The third-order valence-corrected chi connectivity index (χ3v) is 12.9. The zero-order valence-corrected chi connectivity index (χ0v) is 40.2. The van der Waals surface area contributed by atoms with Crippen molar-refractivity contribution in [3.05, 3.63) is 82.9 Å². The van der Waals surface area contributed by atoms with Crippen LogP contribution in [0.2, 0.25) is 0 Å². The molecule has 1 fully saturated rings. The highest BCUT2D eigenvalue weighted by Gasteiger charge is 2.38. The van der Waals surface area contributed by atoms with Gasteiger partial charge in [-0.15, -0.1) is 21.2 Å². The topological polar surface area (TPSA) is 242 Å². The number of amidine groups is 2. The van der Waals surface area contributed by atoms with Gasteiger partial charge >= 0.3 is 0 Å². The Morgan fingerprint density at radius 1 is 0.627 bits per heavy atom. The van der Waals surface area contributed by atoms with E-state index in [1.807, 2.05) is 0 Å². The molecule has 0 bridgehead atoms. The molecular weight excluding hydrogens is 938 g/mol. The van der Waals surface area contributed by atoms with Gasteiger partial charge in [0.1, 0.15) is 32.8 Å². The number of phenolic OH excluding ortho intramolecular Hbond substituents is 2. The lowest BCUT2D eigenvalue weighted by molar-refractivity contribution is 0.0360. The number of hydrazone groups is 2. The zero-order valence-electron chi connectivity index (χ0n) is 37.7. The van der Waals surface area contributed by atoms with E-state index in [-0.39, 0.29) is 75.8 Å². The number of phenols is 2. The average molecular weight is 991 g/mol. The molecule has 0 atom stereocenters. The van der Waals surface area contributed by atoms with E-state index in [9.17, 15) is 27.0 Å². The monoisotopic (exact) mass is 989 g/mol. The third kappa shape index (κ3) is 12.0. The number of hydrogen-bond donors (Lipinski definition) is 2. The van der Waals surface area contributed by atoms with Crippen LogP contribution in [0, 0.1) is 0 Å². The fourth-order valence-corrected chi connectivity index (χ4v) is 9.52. The van der Waals surface area contributed by atoms with E-state index in [0.29, 0.717) is 65.8 Å². The Kier molecular flexibility index (Phi) is 17.6. The lowest BCUT2D eigenvalue weighted by atomic mass is 10.1. The first-order valence-electron chi connectivity index (χ1n) is 20.1. The molecule has 24 heteroatoms. The van der Waals surface area contributed by atoms with Crippen LogP contribution in [0.3, 0.4) is 0 Å². The predicted molar refractivity (Wildman–Crippen MR) is 251 cm³/mol. The van der Waals surface area contributed by atoms with Crippen molar-refractivity contribution in [2.45, 2.75) is 9.79 Å². The van der Waals surface area contributed by atoms with Crippen LogP contribution in [0.4, 0.5) is 0 Å². The molecule has 3 aliphatic heterocycles. The second kappa shape index (κ2) is 22.9. The van der Waals surface area contributed by atoms with Crippen molar-refractivity contribution in [3.63, 3.8) is 0 Å². The standard InChI is InChI=1S/C23H28N4O7S.C20H23N3O7S.ClH/c1-31-17-13-18-22(21(14-17)33-3)35(29,30)25-23(18)27(7-6-26-8-10-34-11-9-26)24-15-16-4-5-19(28)20(12-16)32-2;1-27-8-7-23(21-12-13-5-6-16(24)17(9-13)29-3)20-15-10-14(28-2)11-18(30-4)19(15)31(25,26)22-20;/h4-5,12-15,28H,6-11H2,1-3H3;5-6,9-12,24H,7-8H2,1-4H3;1H/b24-15+;21-12+;. The molecule has 0 unspecified atom stereocenters. The summed E-state index contributed by atoms with van der Waals surface area (Å²) in [6.07, 6.45) is 3.06. The predicted octanol–water partition coefficient (Wildman–Crippen LogP) is 3.81. The molecule has 4 aromatic rings. The highest BCUT2D eigenvalue weighted by atomic mass is 35.5. The van der Waals surface area contributed by atoms with Crippen LogP contribution < -0.4 is 28.4 Å². The number of morpholine rings is 1. The SMILES string of the molecule is COCCN(/N=C/c1ccc(O)c(OC)c1)C1=NS(=O)(=O)c2c(OC)cc(OC)cc21.COc1cc(OC)c2c(c1)C(N(CCN1CCOCC1)/N=C/c1ccc(O)c(OC)c1)=NS2(=O)=O.Cl. The number of aromatic hydroxyl groups is 2. The summed E-state index contributed by atoms with van der Waals surface area (Å²) in [7, 11) is 2.17. The second-order valence-corrected chi connectivity index (χ2v) is 17.3. The second-order valence-electron chi connectivity index (χ2n) is 14.2.